The molecule has 0 saturated carbocycles. The highest BCUT2D eigenvalue weighted by Crippen LogP contribution is 2.25. The van der Waals surface area contributed by atoms with Crippen LogP contribution in [0.25, 0.3) is 0 Å². The van der Waals surface area contributed by atoms with Gasteiger partial charge in [0.25, 0.3) is 0 Å². The molecule has 4 heteroatoms. The smallest absolute Gasteiger partial charge is 0.147 e. The van der Waals surface area contributed by atoms with Crippen LogP contribution in [0.2, 0.25) is 0 Å². The zero-order valence-corrected chi connectivity index (χ0v) is 12.3. The van der Waals surface area contributed by atoms with Gasteiger partial charge in [-0.2, -0.15) is 5.26 Å². The minimum atomic E-state index is -0.265. The van der Waals surface area contributed by atoms with Gasteiger partial charge >= 0.3 is 0 Å². The van der Waals surface area contributed by atoms with Crippen molar-refractivity contribution in [2.24, 2.45) is 5.41 Å². The first-order valence-electron chi connectivity index (χ1n) is 6.05. The summed E-state index contributed by atoms with van der Waals surface area (Å²) in [5.41, 5.74) is 0.246. The van der Waals surface area contributed by atoms with Crippen LogP contribution >= 0.6 is 15.9 Å². The van der Waals surface area contributed by atoms with E-state index in [-0.39, 0.29) is 11.2 Å². The number of nitriles is 1. The third kappa shape index (κ3) is 4.66. The number of nitrogens with zero attached hydrogens (tertiary/aromatic N) is 1. The SMILES string of the molecule is CC(C)(C#N)CCCCNc1c(F)cccc1Br. The predicted octanol–water partition coefficient (Wildman–Crippen LogP) is 4.72. The van der Waals surface area contributed by atoms with Crippen molar-refractivity contribution in [2.75, 3.05) is 11.9 Å². The summed E-state index contributed by atoms with van der Waals surface area (Å²) in [6.07, 6.45) is 2.75. The van der Waals surface area contributed by atoms with Crippen molar-refractivity contribution in [2.45, 2.75) is 33.1 Å². The van der Waals surface area contributed by atoms with E-state index in [1.807, 2.05) is 19.9 Å². The largest absolute Gasteiger partial charge is 0.382 e. The number of unbranched alkanes of at least 4 members (excludes halogenated alkanes) is 1. The normalized spacial score (nSPS) is 11.1. The van der Waals surface area contributed by atoms with Gasteiger partial charge in [-0.15, -0.1) is 0 Å². The van der Waals surface area contributed by atoms with E-state index < -0.39 is 0 Å². The topological polar surface area (TPSA) is 35.8 Å². The van der Waals surface area contributed by atoms with Gasteiger partial charge in [0.05, 0.1) is 17.2 Å². The second kappa shape index (κ2) is 6.75. The molecule has 0 aliphatic rings. The maximum absolute atomic E-state index is 13.5. The van der Waals surface area contributed by atoms with Gasteiger partial charge in [0.15, 0.2) is 0 Å². The standard InChI is InChI=1S/C14H18BrFN2/c1-14(2,10-17)8-3-4-9-18-13-11(15)6-5-7-12(13)16/h5-7,18H,3-4,8-9H2,1-2H3. The summed E-state index contributed by atoms with van der Waals surface area (Å²) in [7, 11) is 0. The van der Waals surface area contributed by atoms with Gasteiger partial charge in [-0.25, -0.2) is 4.39 Å². The van der Waals surface area contributed by atoms with Crippen molar-refractivity contribution in [3.05, 3.63) is 28.5 Å². The van der Waals surface area contributed by atoms with Crippen LogP contribution < -0.4 is 5.32 Å². The van der Waals surface area contributed by atoms with Gasteiger partial charge in [-0.3, -0.25) is 0 Å². The van der Waals surface area contributed by atoms with Crippen LogP contribution in [0.15, 0.2) is 22.7 Å². The molecule has 0 atom stereocenters. The molecule has 1 aromatic rings. The summed E-state index contributed by atoms with van der Waals surface area (Å²) in [6.45, 7) is 4.59. The second-order valence-electron chi connectivity index (χ2n) is 4.98. The Kier molecular flexibility index (Phi) is 5.61. The first-order valence-corrected chi connectivity index (χ1v) is 6.85. The third-order valence-corrected chi connectivity index (χ3v) is 3.46. The number of nitrogens with one attached hydrogen (secondary N) is 1. The van der Waals surface area contributed by atoms with E-state index in [0.717, 1.165) is 23.7 Å². The van der Waals surface area contributed by atoms with E-state index in [2.05, 4.69) is 27.3 Å². The van der Waals surface area contributed by atoms with Crippen LogP contribution in [0, 0.1) is 22.6 Å². The minimum absolute atomic E-state index is 0.248. The minimum Gasteiger partial charge on any atom is -0.382 e. The molecule has 0 spiro atoms. The lowest BCUT2D eigenvalue weighted by molar-refractivity contribution is 0.430. The van der Waals surface area contributed by atoms with Crippen molar-refractivity contribution in [3.63, 3.8) is 0 Å². The Morgan fingerprint density at radius 2 is 2.11 bits per heavy atom. The molecule has 0 saturated heterocycles. The fourth-order valence-electron chi connectivity index (χ4n) is 1.63. The number of rotatable bonds is 6. The Morgan fingerprint density at radius 3 is 2.72 bits per heavy atom. The third-order valence-electron chi connectivity index (χ3n) is 2.80. The van der Waals surface area contributed by atoms with Gasteiger partial charge in [0.2, 0.25) is 0 Å². The molecule has 2 nitrogen and oxygen atoms in total. The van der Waals surface area contributed by atoms with Crippen LogP contribution in [0.1, 0.15) is 33.1 Å². The number of para-hydroxylation sites is 1. The first-order chi connectivity index (χ1) is 8.46. The maximum atomic E-state index is 13.5. The molecule has 18 heavy (non-hydrogen) atoms. The van der Waals surface area contributed by atoms with Gasteiger partial charge in [0, 0.05) is 11.0 Å². The Labute approximate surface area is 116 Å². The van der Waals surface area contributed by atoms with E-state index >= 15 is 0 Å². The van der Waals surface area contributed by atoms with Crippen molar-refractivity contribution < 1.29 is 4.39 Å². The van der Waals surface area contributed by atoms with Crippen LogP contribution in [0.5, 0.6) is 0 Å². The van der Waals surface area contributed by atoms with Gasteiger partial charge in [-0.05, 0) is 54.8 Å². The molecule has 0 aromatic heterocycles. The molecular formula is C14H18BrFN2. The molecule has 0 amide bonds. The maximum Gasteiger partial charge on any atom is 0.147 e. The summed E-state index contributed by atoms with van der Waals surface area (Å²) in [6, 6.07) is 7.19. The molecule has 0 aliphatic heterocycles. The first kappa shape index (κ1) is 15.0. The number of benzene rings is 1. The van der Waals surface area contributed by atoms with E-state index in [0.29, 0.717) is 12.2 Å². The number of hydrogen-bond acceptors (Lipinski definition) is 2. The second-order valence-corrected chi connectivity index (χ2v) is 5.83. The van der Waals surface area contributed by atoms with Crippen LogP contribution in [0.4, 0.5) is 10.1 Å². The Bertz CT molecular complexity index is 418. The van der Waals surface area contributed by atoms with Gasteiger partial charge < -0.3 is 5.32 Å². The average molecular weight is 313 g/mol. The molecular weight excluding hydrogens is 295 g/mol. The van der Waals surface area contributed by atoms with Crippen LogP contribution in [-0.2, 0) is 0 Å². The van der Waals surface area contributed by atoms with Crippen molar-refractivity contribution in [1.82, 2.24) is 0 Å². The van der Waals surface area contributed by atoms with E-state index in [4.69, 9.17) is 5.26 Å². The molecule has 1 N–H and O–H groups in total. The summed E-state index contributed by atoms with van der Waals surface area (Å²) in [5.74, 6) is -0.248. The number of halogens is 2. The highest BCUT2D eigenvalue weighted by Gasteiger charge is 2.15. The summed E-state index contributed by atoms with van der Waals surface area (Å²) in [5, 5.41) is 12.0. The molecule has 0 radical (unpaired) electrons. The zero-order chi connectivity index (χ0) is 13.6. The Hall–Kier alpha value is -1.08. The van der Waals surface area contributed by atoms with Gasteiger partial charge in [0.1, 0.15) is 5.82 Å². The quantitative estimate of drug-likeness (QED) is 0.771. The lowest BCUT2D eigenvalue weighted by Crippen LogP contribution is -2.09. The molecule has 1 aromatic carbocycles. The van der Waals surface area contributed by atoms with Crippen molar-refractivity contribution >= 4 is 21.6 Å². The Balaban J connectivity index is 2.33. The predicted molar refractivity (Wildman–Crippen MR) is 75.8 cm³/mol. The summed E-state index contributed by atoms with van der Waals surface area (Å²) < 4.78 is 14.2. The lowest BCUT2D eigenvalue weighted by atomic mass is 9.89. The van der Waals surface area contributed by atoms with E-state index in [9.17, 15) is 4.39 Å². The van der Waals surface area contributed by atoms with Crippen LogP contribution in [-0.4, -0.2) is 6.54 Å². The summed E-state index contributed by atoms with van der Waals surface area (Å²) >= 11 is 3.31. The van der Waals surface area contributed by atoms with Gasteiger partial charge in [-0.1, -0.05) is 12.5 Å². The molecule has 98 valence electrons. The lowest BCUT2D eigenvalue weighted by Gasteiger charge is -2.15. The van der Waals surface area contributed by atoms with E-state index in [1.54, 1.807) is 6.07 Å². The molecule has 1 rings (SSSR count). The zero-order valence-electron chi connectivity index (χ0n) is 10.8. The number of hydrogen-bond donors (Lipinski definition) is 1. The van der Waals surface area contributed by atoms with E-state index in [1.165, 1.54) is 6.07 Å². The number of anilines is 1. The van der Waals surface area contributed by atoms with Crippen molar-refractivity contribution in [1.29, 1.82) is 5.26 Å². The molecule has 0 fully saturated rings. The molecule has 0 aliphatic carbocycles. The fraction of sp³-hybridized carbons (Fsp3) is 0.500. The summed E-state index contributed by atoms with van der Waals surface area (Å²) in [4.78, 5) is 0. The molecule has 0 bridgehead atoms. The fourth-order valence-corrected chi connectivity index (χ4v) is 2.11. The monoisotopic (exact) mass is 312 g/mol. The van der Waals surface area contributed by atoms with Crippen LogP contribution in [0.3, 0.4) is 0 Å². The molecule has 0 heterocycles. The highest BCUT2D eigenvalue weighted by molar-refractivity contribution is 9.10. The molecule has 0 unspecified atom stereocenters. The Morgan fingerprint density at radius 1 is 1.39 bits per heavy atom. The van der Waals surface area contributed by atoms with Crippen molar-refractivity contribution in [3.8, 4) is 6.07 Å². The highest BCUT2D eigenvalue weighted by atomic mass is 79.9. The average Bonchev–Trinajstić information content (AvgIpc) is 2.32.